The lowest BCUT2D eigenvalue weighted by molar-refractivity contribution is -0.120. The fraction of sp³-hybridized carbons (Fsp3) is 0.355. The van der Waals surface area contributed by atoms with Crippen molar-refractivity contribution in [1.82, 2.24) is 14.9 Å². The third kappa shape index (κ3) is 7.59. The van der Waals surface area contributed by atoms with Crippen LogP contribution in [-0.4, -0.2) is 35.7 Å². The lowest BCUT2D eigenvalue weighted by Gasteiger charge is -2.12. The average molecular weight is 500 g/mol. The van der Waals surface area contributed by atoms with Gasteiger partial charge < -0.3 is 19.4 Å². The molecule has 0 saturated heterocycles. The molecule has 3 aromatic carbocycles. The Bertz CT molecular complexity index is 1280. The number of rotatable bonds is 14. The molecular formula is C31H37N3O3. The van der Waals surface area contributed by atoms with Crippen LogP contribution in [-0.2, 0) is 24.2 Å². The summed E-state index contributed by atoms with van der Waals surface area (Å²) in [5, 5.41) is 3.04. The lowest BCUT2D eigenvalue weighted by Crippen LogP contribution is -2.26. The molecule has 0 aliphatic rings. The summed E-state index contributed by atoms with van der Waals surface area (Å²) >= 11 is 0. The monoisotopic (exact) mass is 499 g/mol. The number of hydrogen-bond donors (Lipinski definition) is 1. The van der Waals surface area contributed by atoms with E-state index in [4.69, 9.17) is 14.5 Å². The number of hydrogen-bond acceptors (Lipinski definition) is 4. The summed E-state index contributed by atoms with van der Waals surface area (Å²) in [4.78, 5) is 17.1. The van der Waals surface area contributed by atoms with Gasteiger partial charge in [-0.15, -0.1) is 0 Å². The van der Waals surface area contributed by atoms with Crippen molar-refractivity contribution < 1.29 is 14.3 Å². The maximum absolute atomic E-state index is 12.2. The predicted molar refractivity (Wildman–Crippen MR) is 148 cm³/mol. The van der Waals surface area contributed by atoms with E-state index in [-0.39, 0.29) is 5.91 Å². The first-order chi connectivity index (χ1) is 18.1. The Morgan fingerprint density at radius 3 is 2.51 bits per heavy atom. The summed E-state index contributed by atoms with van der Waals surface area (Å²) in [5.41, 5.74) is 4.37. The number of nitrogens with one attached hydrogen (secondary N) is 1. The second kappa shape index (κ2) is 13.5. The van der Waals surface area contributed by atoms with Gasteiger partial charge in [-0.1, -0.05) is 48.9 Å². The highest BCUT2D eigenvalue weighted by Crippen LogP contribution is 2.20. The van der Waals surface area contributed by atoms with E-state index in [9.17, 15) is 4.79 Å². The van der Waals surface area contributed by atoms with Crippen LogP contribution in [0.1, 0.15) is 42.6 Å². The summed E-state index contributed by atoms with van der Waals surface area (Å²) in [7, 11) is 1.64. The third-order valence-corrected chi connectivity index (χ3v) is 6.53. The molecule has 0 aliphatic heterocycles. The molecule has 0 unspecified atom stereocenters. The number of carbonyl (C=O) groups is 1. The molecule has 0 aliphatic carbocycles. The van der Waals surface area contributed by atoms with Gasteiger partial charge in [0.05, 0.1) is 31.2 Å². The average Bonchev–Trinajstić information content (AvgIpc) is 3.27. The summed E-state index contributed by atoms with van der Waals surface area (Å²) in [6, 6.07) is 24.1. The van der Waals surface area contributed by atoms with Gasteiger partial charge in [-0.3, -0.25) is 4.79 Å². The molecule has 1 amide bonds. The zero-order chi connectivity index (χ0) is 25.9. The smallest absolute Gasteiger partial charge is 0.224 e. The summed E-state index contributed by atoms with van der Waals surface area (Å²) < 4.78 is 13.5. The van der Waals surface area contributed by atoms with E-state index >= 15 is 0 Å². The van der Waals surface area contributed by atoms with E-state index in [1.165, 1.54) is 5.52 Å². The summed E-state index contributed by atoms with van der Waals surface area (Å²) in [6.07, 6.45) is 5.27. The van der Waals surface area contributed by atoms with Gasteiger partial charge in [0.15, 0.2) is 0 Å². The van der Waals surface area contributed by atoms with Crippen LogP contribution in [0.5, 0.6) is 11.5 Å². The molecule has 0 saturated carbocycles. The number of ether oxygens (including phenoxy) is 2. The van der Waals surface area contributed by atoms with Crippen LogP contribution < -0.4 is 14.8 Å². The first-order valence-electron chi connectivity index (χ1n) is 13.2. The zero-order valence-corrected chi connectivity index (χ0v) is 21.9. The van der Waals surface area contributed by atoms with E-state index in [2.05, 4.69) is 41.1 Å². The highest BCUT2D eigenvalue weighted by atomic mass is 16.5. The van der Waals surface area contributed by atoms with Crippen LogP contribution in [0.2, 0.25) is 0 Å². The van der Waals surface area contributed by atoms with Crippen molar-refractivity contribution in [3.8, 4) is 11.5 Å². The number of para-hydroxylation sites is 3. The van der Waals surface area contributed by atoms with Gasteiger partial charge in [-0.25, -0.2) is 4.98 Å². The van der Waals surface area contributed by atoms with Crippen molar-refractivity contribution in [1.29, 1.82) is 0 Å². The van der Waals surface area contributed by atoms with Crippen LogP contribution in [0, 0.1) is 6.92 Å². The van der Waals surface area contributed by atoms with Gasteiger partial charge >= 0.3 is 0 Å². The number of aryl methyl sites for hydroxylation is 3. The summed E-state index contributed by atoms with van der Waals surface area (Å²) in [5.74, 6) is 2.93. The number of unbranched alkanes of at least 4 members (excludes halogenated alkanes) is 2. The minimum absolute atomic E-state index is 0.0554. The van der Waals surface area contributed by atoms with Gasteiger partial charge in [-0.2, -0.15) is 0 Å². The van der Waals surface area contributed by atoms with Crippen LogP contribution in [0.25, 0.3) is 11.0 Å². The molecule has 4 aromatic rings. The molecule has 6 nitrogen and oxygen atoms in total. The minimum Gasteiger partial charge on any atom is -0.497 e. The van der Waals surface area contributed by atoms with Crippen molar-refractivity contribution in [3.63, 3.8) is 0 Å². The highest BCUT2D eigenvalue weighted by molar-refractivity contribution is 5.78. The Kier molecular flexibility index (Phi) is 9.58. The quantitative estimate of drug-likeness (QED) is 0.220. The van der Waals surface area contributed by atoms with E-state index in [0.29, 0.717) is 19.6 Å². The van der Waals surface area contributed by atoms with Gasteiger partial charge in [0.2, 0.25) is 5.91 Å². The number of methoxy groups -OCH3 is 1. The number of carbonyl (C=O) groups excluding carboxylic acids is 1. The van der Waals surface area contributed by atoms with Gasteiger partial charge in [-0.05, 0) is 67.6 Å². The Labute approximate surface area is 219 Å². The number of imidazole rings is 1. The van der Waals surface area contributed by atoms with Crippen LogP contribution in [0.15, 0.2) is 72.8 Å². The molecule has 0 atom stereocenters. The van der Waals surface area contributed by atoms with Crippen LogP contribution >= 0.6 is 0 Å². The molecule has 0 spiro atoms. The molecule has 4 rings (SSSR count). The van der Waals surface area contributed by atoms with Crippen molar-refractivity contribution in [3.05, 3.63) is 89.7 Å². The Hall–Kier alpha value is -3.80. The second-order valence-corrected chi connectivity index (χ2v) is 9.32. The maximum atomic E-state index is 12.2. The predicted octanol–water partition coefficient (Wildman–Crippen LogP) is 5.89. The number of fused-ring (bicyclic) bond motifs is 1. The molecular weight excluding hydrogens is 462 g/mol. The lowest BCUT2D eigenvalue weighted by atomic mass is 10.1. The zero-order valence-electron chi connectivity index (χ0n) is 21.9. The molecule has 1 aromatic heterocycles. The van der Waals surface area contributed by atoms with Crippen LogP contribution in [0.3, 0.4) is 0 Å². The first-order valence-corrected chi connectivity index (χ1v) is 13.2. The number of aromatic nitrogens is 2. The Morgan fingerprint density at radius 1 is 0.919 bits per heavy atom. The molecule has 194 valence electrons. The van der Waals surface area contributed by atoms with Crippen LogP contribution in [0.4, 0.5) is 0 Å². The standard InChI is InChI=1S/C31H37N3O3/c1-24-11-5-8-14-29(24)37-22-10-21-34-28-13-7-6-12-27(28)33-30(34)15-4-3-9-20-32-31(35)23-25-16-18-26(36-2)19-17-25/h5-8,11-14,16-19H,3-4,9-10,15,20-23H2,1-2H3,(H,32,35). The third-order valence-electron chi connectivity index (χ3n) is 6.53. The Morgan fingerprint density at radius 2 is 1.70 bits per heavy atom. The first kappa shape index (κ1) is 26.3. The number of amides is 1. The van der Waals surface area contributed by atoms with Crippen molar-refractivity contribution >= 4 is 16.9 Å². The van der Waals surface area contributed by atoms with E-state index in [0.717, 1.165) is 72.6 Å². The minimum atomic E-state index is 0.0554. The fourth-order valence-electron chi connectivity index (χ4n) is 4.49. The van der Waals surface area contributed by atoms with E-state index in [1.54, 1.807) is 7.11 Å². The normalized spacial score (nSPS) is 11.0. The van der Waals surface area contributed by atoms with Gasteiger partial charge in [0, 0.05) is 19.5 Å². The van der Waals surface area contributed by atoms with E-state index < -0.39 is 0 Å². The molecule has 0 radical (unpaired) electrons. The topological polar surface area (TPSA) is 65.4 Å². The SMILES string of the molecule is COc1ccc(CC(=O)NCCCCCc2nc3ccccc3n2CCCOc2ccccc2C)cc1. The Balaban J connectivity index is 1.20. The molecule has 0 bridgehead atoms. The molecule has 1 N–H and O–H groups in total. The van der Waals surface area contributed by atoms with E-state index in [1.807, 2.05) is 48.5 Å². The number of nitrogens with zero attached hydrogens (tertiary/aromatic N) is 2. The van der Waals surface area contributed by atoms with Crippen molar-refractivity contribution in [2.75, 3.05) is 20.3 Å². The van der Waals surface area contributed by atoms with Crippen molar-refractivity contribution in [2.24, 2.45) is 0 Å². The van der Waals surface area contributed by atoms with Gasteiger partial charge in [0.1, 0.15) is 17.3 Å². The molecule has 37 heavy (non-hydrogen) atoms. The highest BCUT2D eigenvalue weighted by Gasteiger charge is 2.10. The van der Waals surface area contributed by atoms with Crippen molar-refractivity contribution in [2.45, 2.75) is 52.0 Å². The molecule has 6 heteroatoms. The largest absolute Gasteiger partial charge is 0.497 e. The number of benzene rings is 3. The fourth-order valence-corrected chi connectivity index (χ4v) is 4.49. The van der Waals surface area contributed by atoms with Gasteiger partial charge in [0.25, 0.3) is 0 Å². The maximum Gasteiger partial charge on any atom is 0.224 e. The second-order valence-electron chi connectivity index (χ2n) is 9.32. The summed E-state index contributed by atoms with van der Waals surface area (Å²) in [6.45, 7) is 4.32. The molecule has 1 heterocycles. The molecule has 0 fully saturated rings.